The monoisotopic (exact) mass is 812 g/mol. The number of amides is 2. The minimum absolute atomic E-state index is 0.0771. The van der Waals surface area contributed by atoms with Crippen molar-refractivity contribution in [1.29, 1.82) is 0 Å². The van der Waals surface area contributed by atoms with Gasteiger partial charge in [0.25, 0.3) is 26.1 Å². The van der Waals surface area contributed by atoms with Crippen molar-refractivity contribution < 1.29 is 35.5 Å². The van der Waals surface area contributed by atoms with E-state index < -0.39 is 41.9 Å². The first-order valence-electron chi connectivity index (χ1n) is 18.6. The lowest BCUT2D eigenvalue weighted by molar-refractivity contribution is -0.105. The number of nitrogens with one attached hydrogen (secondary N) is 3. The van der Waals surface area contributed by atoms with Gasteiger partial charge in [-0.2, -0.15) is 16.8 Å². The second-order valence-corrected chi connectivity index (χ2v) is 16.7. The first kappa shape index (κ1) is 42.6. The Hall–Kier alpha value is -5.54. The van der Waals surface area contributed by atoms with Gasteiger partial charge >= 0.3 is 0 Å². The highest BCUT2D eigenvalue weighted by molar-refractivity contribution is 7.86. The predicted octanol–water partition coefficient (Wildman–Crippen LogP) is 8.38. The van der Waals surface area contributed by atoms with Crippen LogP contribution in [0, 0.1) is 13.8 Å². The Balaban J connectivity index is 1.77. The maximum atomic E-state index is 13.2. The van der Waals surface area contributed by atoms with Crippen molar-refractivity contribution in [2.24, 2.45) is 5.73 Å². The molecule has 5 rings (SSSR count). The number of anilines is 5. The zero-order chi connectivity index (χ0) is 41.8. The molecule has 0 aliphatic heterocycles. The standard InChI is InChI=1S/C43H48N4O8S2/c1-7-27-17-25(5)18-28(8-2)41(27)46-36-15-11-31(21-35(36)43(44)49)40(34-14-13-33(56(50,51)52)23-39(34)57(53,54)55)32-12-16-37(38(22-32)45-24-48)47-42-29(9-3)19-26(6)20-30(42)10-4/h11-24,40,46-47H,7-10H2,1-6H3,(H2,44,49)(H,45,48)(H,50,51,52)(H,53,54,55). The SMILES string of the molecule is CCc1cc(C)cc(CC)c1Nc1ccc(C(c2ccc(Nc3c(CC)cc(C)cc3CC)c(C(N)=O)c2)c2ccc(S(=O)(=O)O)cc2S(=O)(=O)O)cc1NC=O. The molecule has 5 aromatic carbocycles. The highest BCUT2D eigenvalue weighted by Crippen LogP contribution is 2.42. The Morgan fingerprint density at radius 1 is 0.649 bits per heavy atom. The molecule has 0 spiro atoms. The van der Waals surface area contributed by atoms with Gasteiger partial charge in [0.2, 0.25) is 6.41 Å². The van der Waals surface area contributed by atoms with E-state index in [2.05, 4.69) is 40.2 Å². The third-order valence-electron chi connectivity index (χ3n) is 10.0. The normalized spacial score (nSPS) is 12.2. The number of rotatable bonds is 16. The van der Waals surface area contributed by atoms with Crippen LogP contribution in [0.1, 0.15) is 94.0 Å². The molecule has 57 heavy (non-hydrogen) atoms. The summed E-state index contributed by atoms with van der Waals surface area (Å²) in [5.41, 5.74) is 16.1. The Morgan fingerprint density at radius 2 is 1.12 bits per heavy atom. The molecule has 0 aromatic heterocycles. The first-order chi connectivity index (χ1) is 26.9. The molecular formula is C43H48N4O8S2. The van der Waals surface area contributed by atoms with E-state index in [0.29, 0.717) is 53.5 Å². The predicted molar refractivity (Wildman–Crippen MR) is 225 cm³/mol. The van der Waals surface area contributed by atoms with Gasteiger partial charge in [-0.05, 0) is 115 Å². The van der Waals surface area contributed by atoms with Crippen molar-refractivity contribution in [2.45, 2.75) is 82.9 Å². The van der Waals surface area contributed by atoms with Gasteiger partial charge < -0.3 is 21.7 Å². The summed E-state index contributed by atoms with van der Waals surface area (Å²) < 4.78 is 70.5. The minimum Gasteiger partial charge on any atom is -0.366 e. The number of hydrogen-bond donors (Lipinski definition) is 6. The average Bonchev–Trinajstić information content (AvgIpc) is 3.16. The van der Waals surface area contributed by atoms with Gasteiger partial charge in [0.15, 0.2) is 0 Å². The molecule has 1 unspecified atom stereocenters. The number of benzene rings is 5. The van der Waals surface area contributed by atoms with Crippen molar-refractivity contribution in [3.8, 4) is 0 Å². The van der Waals surface area contributed by atoms with E-state index in [1.165, 1.54) is 12.1 Å². The van der Waals surface area contributed by atoms with Crippen LogP contribution in [0.4, 0.5) is 28.4 Å². The van der Waals surface area contributed by atoms with Gasteiger partial charge in [-0.15, -0.1) is 0 Å². The zero-order valence-corrected chi connectivity index (χ0v) is 34.4. The second-order valence-electron chi connectivity index (χ2n) is 13.9. The Bertz CT molecular complexity index is 2540. The van der Waals surface area contributed by atoms with Crippen LogP contribution in [-0.2, 0) is 50.7 Å². The lowest BCUT2D eigenvalue weighted by atomic mass is 9.83. The number of hydrogen-bond acceptors (Lipinski definition) is 8. The molecule has 5 aromatic rings. The summed E-state index contributed by atoms with van der Waals surface area (Å²) in [5.74, 6) is -1.89. The summed E-state index contributed by atoms with van der Waals surface area (Å²) in [5, 5.41) is 9.64. The van der Waals surface area contributed by atoms with Crippen LogP contribution < -0.4 is 21.7 Å². The van der Waals surface area contributed by atoms with E-state index in [-0.39, 0.29) is 11.1 Å². The molecule has 0 fully saturated rings. The van der Waals surface area contributed by atoms with E-state index in [0.717, 1.165) is 63.7 Å². The van der Waals surface area contributed by atoms with Crippen molar-refractivity contribution in [2.75, 3.05) is 16.0 Å². The fourth-order valence-corrected chi connectivity index (χ4v) is 8.71. The molecule has 0 aliphatic rings. The van der Waals surface area contributed by atoms with E-state index in [1.807, 2.05) is 41.5 Å². The molecule has 14 heteroatoms. The minimum atomic E-state index is -5.12. The van der Waals surface area contributed by atoms with Crippen LogP contribution in [0.25, 0.3) is 0 Å². The van der Waals surface area contributed by atoms with Crippen LogP contribution in [0.2, 0.25) is 0 Å². The molecule has 300 valence electrons. The third kappa shape index (κ3) is 9.37. The molecule has 2 amide bonds. The summed E-state index contributed by atoms with van der Waals surface area (Å²) in [6.07, 6.45) is 3.41. The zero-order valence-electron chi connectivity index (χ0n) is 32.7. The van der Waals surface area contributed by atoms with Gasteiger partial charge in [-0.3, -0.25) is 18.7 Å². The number of aryl methyl sites for hydroxylation is 6. The van der Waals surface area contributed by atoms with Gasteiger partial charge in [0.1, 0.15) is 0 Å². The van der Waals surface area contributed by atoms with Crippen LogP contribution >= 0.6 is 0 Å². The smallest absolute Gasteiger partial charge is 0.294 e. The molecule has 0 saturated heterocycles. The Kier molecular flexibility index (Phi) is 12.9. The van der Waals surface area contributed by atoms with E-state index in [9.17, 15) is 35.5 Å². The fourth-order valence-electron chi connectivity index (χ4n) is 7.37. The van der Waals surface area contributed by atoms with Gasteiger partial charge in [-0.1, -0.05) is 81.3 Å². The molecule has 0 aliphatic carbocycles. The third-order valence-corrected chi connectivity index (χ3v) is 11.8. The topological polar surface area (TPSA) is 205 Å². The van der Waals surface area contributed by atoms with Crippen molar-refractivity contribution in [3.05, 3.63) is 134 Å². The molecule has 0 radical (unpaired) electrons. The number of carbonyl (C=O) groups excluding carboxylic acids is 2. The molecule has 0 heterocycles. The maximum Gasteiger partial charge on any atom is 0.294 e. The summed E-state index contributed by atoms with van der Waals surface area (Å²) >= 11 is 0. The van der Waals surface area contributed by atoms with Crippen molar-refractivity contribution in [3.63, 3.8) is 0 Å². The molecule has 7 N–H and O–H groups in total. The summed E-state index contributed by atoms with van der Waals surface area (Å²) in [6.45, 7) is 12.2. The molecule has 12 nitrogen and oxygen atoms in total. The van der Waals surface area contributed by atoms with Crippen molar-refractivity contribution >= 4 is 61.0 Å². The highest BCUT2D eigenvalue weighted by atomic mass is 32.2. The van der Waals surface area contributed by atoms with Gasteiger partial charge in [0.05, 0.1) is 32.4 Å². The molecule has 0 saturated carbocycles. The lowest BCUT2D eigenvalue weighted by Gasteiger charge is -2.25. The summed E-state index contributed by atoms with van der Waals surface area (Å²) in [6, 6.07) is 21.0. The van der Waals surface area contributed by atoms with Crippen LogP contribution in [0.5, 0.6) is 0 Å². The highest BCUT2D eigenvalue weighted by Gasteiger charge is 2.29. The van der Waals surface area contributed by atoms with Crippen LogP contribution in [-0.4, -0.2) is 38.3 Å². The molecular weight excluding hydrogens is 765 g/mol. The van der Waals surface area contributed by atoms with Crippen molar-refractivity contribution in [1.82, 2.24) is 0 Å². The Labute approximate surface area is 334 Å². The number of carbonyl (C=O) groups is 2. The Morgan fingerprint density at radius 3 is 1.56 bits per heavy atom. The fraction of sp³-hybridized carbons (Fsp3) is 0.256. The van der Waals surface area contributed by atoms with Gasteiger partial charge in [0, 0.05) is 17.3 Å². The van der Waals surface area contributed by atoms with E-state index in [4.69, 9.17) is 5.73 Å². The summed E-state index contributed by atoms with van der Waals surface area (Å²) in [4.78, 5) is 23.7. The average molecular weight is 813 g/mol. The maximum absolute atomic E-state index is 13.2. The number of nitrogens with two attached hydrogens (primary N) is 1. The van der Waals surface area contributed by atoms with E-state index in [1.54, 1.807) is 30.3 Å². The lowest BCUT2D eigenvalue weighted by Crippen LogP contribution is -2.17. The first-order valence-corrected chi connectivity index (χ1v) is 21.5. The quantitative estimate of drug-likeness (QED) is 0.0319. The van der Waals surface area contributed by atoms with E-state index >= 15 is 0 Å². The molecule has 0 bridgehead atoms. The van der Waals surface area contributed by atoms with Gasteiger partial charge in [-0.25, -0.2) is 0 Å². The molecule has 1 atom stereocenters. The van der Waals surface area contributed by atoms with Crippen LogP contribution in [0.3, 0.4) is 0 Å². The van der Waals surface area contributed by atoms with Crippen LogP contribution in [0.15, 0.2) is 88.7 Å². The largest absolute Gasteiger partial charge is 0.366 e. The summed E-state index contributed by atoms with van der Waals surface area (Å²) in [7, 11) is -10.0. The number of primary amides is 1. The second kappa shape index (κ2) is 17.3.